The molecular formula is C7H8BrNS2. The van der Waals surface area contributed by atoms with E-state index in [1.54, 1.807) is 11.3 Å². The van der Waals surface area contributed by atoms with Gasteiger partial charge in [0, 0.05) is 10.6 Å². The van der Waals surface area contributed by atoms with Gasteiger partial charge in [0.05, 0.1) is 9.47 Å². The number of hydrogen-bond acceptors (Lipinski definition) is 3. The Morgan fingerprint density at radius 2 is 2.27 bits per heavy atom. The highest BCUT2D eigenvalue weighted by Gasteiger charge is 2.17. The van der Waals surface area contributed by atoms with Crippen molar-refractivity contribution in [3.63, 3.8) is 0 Å². The molecule has 0 spiro atoms. The monoisotopic (exact) mass is 249 g/mol. The first-order valence-electron chi connectivity index (χ1n) is 3.42. The number of thiophene rings is 1. The van der Waals surface area contributed by atoms with Crippen LogP contribution >= 0.6 is 39.0 Å². The van der Waals surface area contributed by atoms with Gasteiger partial charge in [-0.1, -0.05) is 0 Å². The zero-order valence-electron chi connectivity index (χ0n) is 5.89. The Bertz CT molecular complexity index is 282. The van der Waals surface area contributed by atoms with Crippen molar-refractivity contribution in [2.45, 2.75) is 12.2 Å². The molecule has 60 valence electrons. The lowest BCUT2D eigenvalue weighted by Crippen LogP contribution is -2.00. The highest BCUT2D eigenvalue weighted by Crippen LogP contribution is 2.40. The number of nitrogens with two attached hydrogens (primary N) is 1. The van der Waals surface area contributed by atoms with Gasteiger partial charge in [0.1, 0.15) is 0 Å². The molecule has 0 amide bonds. The Labute approximate surface area is 82.5 Å². The Morgan fingerprint density at radius 1 is 1.45 bits per heavy atom. The first-order chi connectivity index (χ1) is 5.29. The minimum absolute atomic E-state index is 0.977. The third-order valence-corrected chi connectivity index (χ3v) is 4.93. The van der Waals surface area contributed by atoms with Crippen LogP contribution in [-0.2, 0) is 12.2 Å². The highest BCUT2D eigenvalue weighted by atomic mass is 79.9. The van der Waals surface area contributed by atoms with Gasteiger partial charge in [-0.25, -0.2) is 0 Å². The average Bonchev–Trinajstić information content (AvgIpc) is 2.30. The summed E-state index contributed by atoms with van der Waals surface area (Å²) in [5.41, 5.74) is 8.24. The fourth-order valence-corrected chi connectivity index (χ4v) is 4.17. The largest absolute Gasteiger partial charge is 0.397 e. The van der Waals surface area contributed by atoms with Gasteiger partial charge in [0.2, 0.25) is 0 Å². The summed E-state index contributed by atoms with van der Waals surface area (Å²) < 4.78 is 1.12. The second-order valence-corrected chi connectivity index (χ2v) is 6.02. The molecule has 0 radical (unpaired) electrons. The maximum Gasteiger partial charge on any atom is 0.0933 e. The van der Waals surface area contributed by atoms with Gasteiger partial charge in [-0.05, 0) is 33.7 Å². The van der Waals surface area contributed by atoms with Crippen LogP contribution in [0.5, 0.6) is 0 Å². The second-order valence-electron chi connectivity index (χ2n) is 2.49. The van der Waals surface area contributed by atoms with Crippen LogP contribution in [0.1, 0.15) is 10.4 Å². The summed E-state index contributed by atoms with van der Waals surface area (Å²) in [6.45, 7) is 0. The van der Waals surface area contributed by atoms with Crippen LogP contribution in [0.2, 0.25) is 0 Å². The molecule has 0 saturated heterocycles. The van der Waals surface area contributed by atoms with Crippen LogP contribution in [0.15, 0.2) is 3.79 Å². The van der Waals surface area contributed by atoms with Gasteiger partial charge in [0.15, 0.2) is 0 Å². The fourth-order valence-electron chi connectivity index (χ4n) is 1.22. The lowest BCUT2D eigenvalue weighted by Gasteiger charge is -2.09. The van der Waals surface area contributed by atoms with E-state index >= 15 is 0 Å². The Balaban J connectivity index is 2.50. The van der Waals surface area contributed by atoms with Crippen molar-refractivity contribution in [2.75, 3.05) is 11.5 Å². The zero-order chi connectivity index (χ0) is 7.84. The number of halogens is 1. The summed E-state index contributed by atoms with van der Waals surface area (Å²) in [6, 6.07) is 0. The summed E-state index contributed by atoms with van der Waals surface area (Å²) >= 11 is 7.24. The second kappa shape index (κ2) is 2.99. The van der Waals surface area contributed by atoms with Crippen LogP contribution in [0.4, 0.5) is 5.69 Å². The van der Waals surface area contributed by atoms with Crippen LogP contribution in [-0.4, -0.2) is 5.75 Å². The molecule has 0 bridgehead atoms. The van der Waals surface area contributed by atoms with Crippen LogP contribution in [0.25, 0.3) is 0 Å². The van der Waals surface area contributed by atoms with Crippen LogP contribution < -0.4 is 5.73 Å². The quantitative estimate of drug-likeness (QED) is 0.766. The van der Waals surface area contributed by atoms with Gasteiger partial charge >= 0.3 is 0 Å². The number of hydrogen-bond donors (Lipinski definition) is 1. The molecule has 1 aliphatic rings. The van der Waals surface area contributed by atoms with E-state index in [2.05, 4.69) is 15.9 Å². The van der Waals surface area contributed by atoms with Gasteiger partial charge in [-0.15, -0.1) is 11.3 Å². The highest BCUT2D eigenvalue weighted by molar-refractivity contribution is 9.11. The van der Waals surface area contributed by atoms with E-state index in [1.165, 1.54) is 16.2 Å². The Kier molecular flexibility index (Phi) is 2.16. The van der Waals surface area contributed by atoms with Gasteiger partial charge in [-0.2, -0.15) is 11.8 Å². The molecule has 1 aliphatic heterocycles. The predicted octanol–water partition coefficient (Wildman–Crippen LogP) is 2.88. The molecule has 0 aliphatic carbocycles. The third kappa shape index (κ3) is 1.32. The molecule has 1 nitrogen and oxygen atoms in total. The smallest absolute Gasteiger partial charge is 0.0933 e. The van der Waals surface area contributed by atoms with Crippen LogP contribution in [0, 0.1) is 0 Å². The van der Waals surface area contributed by atoms with Crippen molar-refractivity contribution in [3.8, 4) is 0 Å². The molecule has 0 saturated carbocycles. The van der Waals surface area contributed by atoms with Crippen molar-refractivity contribution < 1.29 is 0 Å². The summed E-state index contributed by atoms with van der Waals surface area (Å²) in [7, 11) is 0. The molecule has 2 rings (SSSR count). The summed E-state index contributed by atoms with van der Waals surface area (Å²) in [6.07, 6.45) is 1.15. The predicted molar refractivity (Wildman–Crippen MR) is 56.3 cm³/mol. The number of rotatable bonds is 0. The molecule has 0 atom stereocenters. The van der Waals surface area contributed by atoms with E-state index in [4.69, 9.17) is 5.73 Å². The fraction of sp³-hybridized carbons (Fsp3) is 0.429. The molecule has 4 heteroatoms. The van der Waals surface area contributed by atoms with E-state index in [9.17, 15) is 0 Å². The number of anilines is 1. The lowest BCUT2D eigenvalue weighted by molar-refractivity contribution is 1.12. The van der Waals surface area contributed by atoms with E-state index in [1.807, 2.05) is 11.8 Å². The molecule has 11 heavy (non-hydrogen) atoms. The van der Waals surface area contributed by atoms with Gasteiger partial charge < -0.3 is 5.73 Å². The normalized spacial score (nSPS) is 16.5. The first kappa shape index (κ1) is 7.95. The molecular weight excluding hydrogens is 242 g/mol. The van der Waals surface area contributed by atoms with Crippen LogP contribution in [0.3, 0.4) is 0 Å². The molecule has 0 aromatic carbocycles. The zero-order valence-corrected chi connectivity index (χ0v) is 9.11. The SMILES string of the molecule is Nc1c(Br)sc2c1CCSC2. The summed E-state index contributed by atoms with van der Waals surface area (Å²) in [4.78, 5) is 1.46. The molecule has 2 N–H and O–H groups in total. The summed E-state index contributed by atoms with van der Waals surface area (Å²) in [5, 5.41) is 0. The van der Waals surface area contributed by atoms with E-state index in [0.29, 0.717) is 0 Å². The molecule has 1 aromatic heterocycles. The average molecular weight is 250 g/mol. The third-order valence-electron chi connectivity index (χ3n) is 1.82. The van der Waals surface area contributed by atoms with Crippen molar-refractivity contribution in [3.05, 3.63) is 14.2 Å². The van der Waals surface area contributed by atoms with E-state index < -0.39 is 0 Å². The van der Waals surface area contributed by atoms with Crippen molar-refractivity contribution in [1.82, 2.24) is 0 Å². The number of thioether (sulfide) groups is 1. The Morgan fingerprint density at radius 3 is 3.00 bits per heavy atom. The van der Waals surface area contributed by atoms with Gasteiger partial charge in [0.25, 0.3) is 0 Å². The van der Waals surface area contributed by atoms with E-state index in [0.717, 1.165) is 21.6 Å². The van der Waals surface area contributed by atoms with Crippen molar-refractivity contribution in [1.29, 1.82) is 0 Å². The lowest BCUT2D eigenvalue weighted by atomic mass is 10.2. The topological polar surface area (TPSA) is 26.0 Å². The minimum Gasteiger partial charge on any atom is -0.397 e. The number of fused-ring (bicyclic) bond motifs is 1. The summed E-state index contributed by atoms with van der Waals surface area (Å²) in [5.74, 6) is 2.37. The minimum atomic E-state index is 0.977. The molecule has 0 unspecified atom stereocenters. The van der Waals surface area contributed by atoms with Gasteiger partial charge in [-0.3, -0.25) is 0 Å². The first-order valence-corrected chi connectivity index (χ1v) is 6.18. The number of nitrogen functional groups attached to an aromatic ring is 1. The van der Waals surface area contributed by atoms with E-state index in [-0.39, 0.29) is 0 Å². The van der Waals surface area contributed by atoms with Crippen molar-refractivity contribution in [2.24, 2.45) is 0 Å². The maximum atomic E-state index is 5.88. The standard InChI is InChI=1S/C7H8BrNS2/c8-7-6(9)4-1-2-10-3-5(4)11-7/h1-3,9H2. The molecule has 2 heterocycles. The molecule has 0 fully saturated rings. The molecule has 1 aromatic rings. The van der Waals surface area contributed by atoms with Crippen molar-refractivity contribution >= 4 is 44.7 Å². The maximum absolute atomic E-state index is 5.88. The Hall–Kier alpha value is 0.330.